The highest BCUT2D eigenvalue weighted by Gasteiger charge is 2.46. The molecule has 1 nitrogen and oxygen atoms in total. The predicted molar refractivity (Wildman–Crippen MR) is 15.3 cm³/mol. The zero-order valence-electron chi connectivity index (χ0n) is 3.39. The van der Waals surface area contributed by atoms with E-state index in [0.29, 0.717) is 0 Å². The van der Waals surface area contributed by atoms with Gasteiger partial charge in [-0.05, 0) is 0 Å². The second-order valence-corrected chi connectivity index (χ2v) is 1.07. The van der Waals surface area contributed by atoms with Crippen LogP contribution in [0.5, 0.6) is 0 Å². The van der Waals surface area contributed by atoms with Gasteiger partial charge in [0.15, 0.2) is 0 Å². The van der Waals surface area contributed by atoms with Gasteiger partial charge < -0.3 is 5.73 Å². The van der Waals surface area contributed by atoms with Crippen LogP contribution in [0.15, 0.2) is 0 Å². The molecule has 0 aliphatic carbocycles. The molecule has 0 aromatic carbocycles. The van der Waals surface area contributed by atoms with Crippen molar-refractivity contribution in [3.05, 3.63) is 5.73 Å². The zero-order chi connectivity index (χ0) is 7.00. The summed E-state index contributed by atoms with van der Waals surface area (Å²) in [4.78, 5) is 0. The van der Waals surface area contributed by atoms with E-state index < -0.39 is 12.2 Å². The van der Waals surface area contributed by atoms with Gasteiger partial charge in [0, 0.05) is 0 Å². The van der Waals surface area contributed by atoms with Gasteiger partial charge in [0.25, 0.3) is 6.05 Å². The third-order valence-corrected chi connectivity index (χ3v) is 0.356. The van der Waals surface area contributed by atoms with Crippen molar-refractivity contribution in [2.45, 2.75) is 12.2 Å². The molecule has 0 fully saturated rings. The molecule has 50 valence electrons. The van der Waals surface area contributed by atoms with E-state index in [-0.39, 0.29) is 0 Å². The summed E-state index contributed by atoms with van der Waals surface area (Å²) in [6, 6.07) is -5.31. The first-order valence-corrected chi connectivity index (χ1v) is 1.44. The van der Waals surface area contributed by atoms with Crippen molar-refractivity contribution in [2.75, 3.05) is 0 Å². The maximum absolute atomic E-state index is 10.8. The number of nitrogens with one attached hydrogen (secondary N) is 1. The highest BCUT2D eigenvalue weighted by molar-refractivity contribution is 4.79. The van der Waals surface area contributed by atoms with Crippen LogP contribution in [0.25, 0.3) is 5.73 Å². The number of hydrogen-bond acceptors (Lipinski definition) is 0. The highest BCUT2D eigenvalue weighted by atomic mass is 19.4. The van der Waals surface area contributed by atoms with Gasteiger partial charge in [0.1, 0.15) is 0 Å². The molecule has 0 radical (unpaired) electrons. The first-order valence-electron chi connectivity index (χ1n) is 1.44. The molecule has 0 aromatic heterocycles. The van der Waals surface area contributed by atoms with Crippen molar-refractivity contribution in [1.82, 2.24) is 0 Å². The molecule has 0 aliphatic heterocycles. The molecular weight excluding hydrogens is 133 g/mol. The summed E-state index contributed by atoms with van der Waals surface area (Å²) in [7, 11) is 0. The fraction of sp³-hybridized carbons (Fsp3) is 1.00. The topological polar surface area (TPSA) is 23.8 Å². The monoisotopic (exact) mass is 134 g/mol. The normalized spacial score (nSPS) is 14.2. The first kappa shape index (κ1) is 7.61. The van der Waals surface area contributed by atoms with E-state index in [4.69, 9.17) is 5.73 Å². The van der Waals surface area contributed by atoms with Crippen molar-refractivity contribution >= 4 is 0 Å². The van der Waals surface area contributed by atoms with Gasteiger partial charge >= 0.3 is 6.18 Å². The minimum atomic E-state index is -5.73. The lowest BCUT2D eigenvalue weighted by molar-refractivity contribution is -0.259. The molecule has 8 heavy (non-hydrogen) atoms. The Hall–Kier alpha value is -0.390. The first-order chi connectivity index (χ1) is 3.25. The molecule has 6 heteroatoms. The average Bonchev–Trinajstić information content (AvgIpc) is 1.25. The van der Waals surface area contributed by atoms with Gasteiger partial charge in [-0.1, -0.05) is 0 Å². The Morgan fingerprint density at radius 3 is 1.00 bits per heavy atom. The Morgan fingerprint density at radius 1 is 0.875 bits per heavy atom. The van der Waals surface area contributed by atoms with Crippen molar-refractivity contribution in [2.24, 2.45) is 0 Å². The maximum Gasteiger partial charge on any atom is 0.432 e. The summed E-state index contributed by atoms with van der Waals surface area (Å²) in [6.07, 6.45) is -5.73. The fourth-order valence-electron chi connectivity index (χ4n) is 0. The minimum absolute atomic E-state index is 5.12. The van der Waals surface area contributed by atoms with Gasteiger partial charge in [0.05, 0.1) is 0 Å². The van der Waals surface area contributed by atoms with Crippen molar-refractivity contribution in [1.29, 1.82) is 0 Å². The summed E-state index contributed by atoms with van der Waals surface area (Å²) in [5.74, 6) is 0. The Balaban J connectivity index is 4.02. The van der Waals surface area contributed by atoms with Crippen molar-refractivity contribution in [3.63, 3.8) is 0 Å². The third-order valence-electron chi connectivity index (χ3n) is 0.356. The minimum Gasteiger partial charge on any atom is -0.607 e. The average molecular weight is 134 g/mol. The van der Waals surface area contributed by atoms with Crippen molar-refractivity contribution in [3.8, 4) is 0 Å². The van der Waals surface area contributed by atoms with E-state index in [9.17, 15) is 22.0 Å². The van der Waals surface area contributed by atoms with Gasteiger partial charge in [-0.2, -0.15) is 13.2 Å². The smallest absolute Gasteiger partial charge is 0.432 e. The van der Waals surface area contributed by atoms with Crippen LogP contribution in [0.1, 0.15) is 0 Å². The molecular formula is C2HF5N-. The Labute approximate surface area is 41.3 Å². The van der Waals surface area contributed by atoms with Crippen LogP contribution < -0.4 is 0 Å². The number of alkyl halides is 5. The molecule has 0 aromatic rings. The highest BCUT2D eigenvalue weighted by Crippen LogP contribution is 2.34. The summed E-state index contributed by atoms with van der Waals surface area (Å²) in [5.41, 5.74) is 5.12. The lowest BCUT2D eigenvalue weighted by Crippen LogP contribution is -2.31. The lowest BCUT2D eigenvalue weighted by Gasteiger charge is -2.21. The molecule has 1 N–H and O–H groups in total. The van der Waals surface area contributed by atoms with Gasteiger partial charge in [-0.15, -0.1) is 0 Å². The van der Waals surface area contributed by atoms with Crippen LogP contribution in [-0.2, 0) is 0 Å². The molecule has 0 rings (SSSR count). The summed E-state index contributed by atoms with van der Waals surface area (Å²) in [5, 5.41) is 0. The molecule has 0 amide bonds. The van der Waals surface area contributed by atoms with E-state index in [2.05, 4.69) is 0 Å². The van der Waals surface area contributed by atoms with Crippen LogP contribution in [0.4, 0.5) is 22.0 Å². The van der Waals surface area contributed by atoms with Crippen LogP contribution in [-0.4, -0.2) is 12.2 Å². The Bertz CT molecular complexity index is 65.4. The molecule has 0 aliphatic rings. The SMILES string of the molecule is [NH-]C(F)(F)C(F)(F)F. The van der Waals surface area contributed by atoms with E-state index in [1.165, 1.54) is 0 Å². The van der Waals surface area contributed by atoms with Gasteiger partial charge in [0.2, 0.25) is 0 Å². The molecule has 0 atom stereocenters. The number of halogens is 5. The second-order valence-electron chi connectivity index (χ2n) is 1.07. The van der Waals surface area contributed by atoms with Crippen LogP contribution in [0.2, 0.25) is 0 Å². The van der Waals surface area contributed by atoms with E-state index in [1.54, 1.807) is 0 Å². The van der Waals surface area contributed by atoms with Crippen molar-refractivity contribution < 1.29 is 22.0 Å². The Morgan fingerprint density at radius 2 is 1.00 bits per heavy atom. The second kappa shape index (κ2) is 1.54. The Kier molecular flexibility index (Phi) is 1.47. The third kappa shape index (κ3) is 1.61. The predicted octanol–water partition coefficient (Wildman–Crippen LogP) is 2.19. The standard InChI is InChI=1S/C2HF5N/c3-1(4,5)2(6,7)8/h8H/q-1. The quantitative estimate of drug-likeness (QED) is 0.358. The van der Waals surface area contributed by atoms with Crippen LogP contribution in [0.3, 0.4) is 0 Å². The largest absolute Gasteiger partial charge is 0.607 e. The summed E-state index contributed by atoms with van der Waals surface area (Å²) in [6.45, 7) is 0. The molecule has 0 spiro atoms. The van der Waals surface area contributed by atoms with E-state index >= 15 is 0 Å². The summed E-state index contributed by atoms with van der Waals surface area (Å²) >= 11 is 0. The van der Waals surface area contributed by atoms with Crippen LogP contribution in [0, 0.1) is 0 Å². The van der Waals surface area contributed by atoms with Crippen LogP contribution >= 0.6 is 0 Å². The number of rotatable bonds is 0. The molecule has 0 saturated heterocycles. The lowest BCUT2D eigenvalue weighted by atomic mass is 10.6. The summed E-state index contributed by atoms with van der Waals surface area (Å²) < 4.78 is 53.4. The fourth-order valence-corrected chi connectivity index (χ4v) is 0. The van der Waals surface area contributed by atoms with E-state index in [1.807, 2.05) is 0 Å². The van der Waals surface area contributed by atoms with Gasteiger partial charge in [-0.25, -0.2) is 8.78 Å². The molecule has 0 saturated carbocycles. The maximum atomic E-state index is 10.8. The molecule has 0 bridgehead atoms. The van der Waals surface area contributed by atoms with E-state index in [0.717, 1.165) is 0 Å². The van der Waals surface area contributed by atoms with Gasteiger partial charge in [-0.3, -0.25) is 0 Å². The molecule has 0 heterocycles. The number of hydrogen-bond donors (Lipinski definition) is 0. The zero-order valence-corrected chi connectivity index (χ0v) is 3.39. The molecule has 0 unspecified atom stereocenters.